The van der Waals surface area contributed by atoms with Crippen LogP contribution in [0.3, 0.4) is 0 Å². The predicted octanol–water partition coefficient (Wildman–Crippen LogP) is 1.93. The number of fused-ring (bicyclic) bond motifs is 3. The Hall–Kier alpha value is -4.21. The number of imidazole rings is 1. The zero-order chi connectivity index (χ0) is 21.7. The third kappa shape index (κ3) is 2.83. The van der Waals surface area contributed by atoms with E-state index in [0.29, 0.717) is 34.1 Å². The first-order chi connectivity index (χ1) is 15.0. The van der Waals surface area contributed by atoms with Gasteiger partial charge in [0.1, 0.15) is 11.6 Å². The molecule has 10 heteroatoms. The van der Waals surface area contributed by atoms with Crippen LogP contribution in [0.2, 0.25) is 0 Å². The van der Waals surface area contributed by atoms with E-state index in [1.165, 1.54) is 10.6 Å². The number of aromatic amines is 1. The molecule has 1 N–H and O–H groups in total. The van der Waals surface area contributed by atoms with Crippen LogP contribution in [0.5, 0.6) is 5.75 Å². The van der Waals surface area contributed by atoms with Gasteiger partial charge < -0.3 is 4.74 Å². The number of rotatable bonds is 4. The molecule has 0 atom stereocenters. The van der Waals surface area contributed by atoms with E-state index in [1.807, 2.05) is 0 Å². The molecule has 0 amide bonds. The van der Waals surface area contributed by atoms with E-state index in [0.717, 1.165) is 0 Å². The molecule has 0 aliphatic heterocycles. The third-order valence-corrected chi connectivity index (χ3v) is 5.27. The molecule has 156 valence electrons. The summed E-state index contributed by atoms with van der Waals surface area (Å²) in [6.07, 6.45) is 0. The Labute approximate surface area is 174 Å². The number of nitrogens with one attached hydrogen (secondary N) is 1. The summed E-state index contributed by atoms with van der Waals surface area (Å²) in [4.78, 5) is 27.4. The summed E-state index contributed by atoms with van der Waals surface area (Å²) in [5.74, 6) is 1.03. The molecule has 0 aliphatic carbocycles. The summed E-state index contributed by atoms with van der Waals surface area (Å²) in [6.45, 7) is 0.0434. The van der Waals surface area contributed by atoms with E-state index in [4.69, 9.17) is 4.74 Å². The molecule has 0 saturated heterocycles. The van der Waals surface area contributed by atoms with E-state index in [2.05, 4.69) is 15.2 Å². The number of benzene rings is 2. The molecule has 0 unspecified atom stereocenters. The maximum Gasteiger partial charge on any atom is 0.329 e. The van der Waals surface area contributed by atoms with Crippen molar-refractivity contribution in [1.82, 2.24) is 28.7 Å². The van der Waals surface area contributed by atoms with Crippen LogP contribution in [-0.2, 0) is 13.6 Å². The smallest absolute Gasteiger partial charge is 0.329 e. The Morgan fingerprint density at radius 2 is 1.81 bits per heavy atom. The van der Waals surface area contributed by atoms with Gasteiger partial charge in [0.2, 0.25) is 5.78 Å². The number of methoxy groups -OCH3 is 1. The maximum atomic E-state index is 14.4. The van der Waals surface area contributed by atoms with Crippen LogP contribution in [0, 0.1) is 5.82 Å². The molecule has 3 heterocycles. The molecule has 2 aromatic carbocycles. The van der Waals surface area contributed by atoms with Crippen LogP contribution in [0.4, 0.5) is 4.39 Å². The van der Waals surface area contributed by atoms with Crippen LogP contribution < -0.4 is 16.0 Å². The van der Waals surface area contributed by atoms with E-state index in [1.54, 1.807) is 65.6 Å². The van der Waals surface area contributed by atoms with Crippen molar-refractivity contribution in [2.75, 3.05) is 7.11 Å². The van der Waals surface area contributed by atoms with Crippen molar-refractivity contribution < 1.29 is 9.13 Å². The van der Waals surface area contributed by atoms with Gasteiger partial charge in [-0.1, -0.05) is 18.2 Å². The highest BCUT2D eigenvalue weighted by molar-refractivity contribution is 5.80. The minimum absolute atomic E-state index is 0.0434. The van der Waals surface area contributed by atoms with Gasteiger partial charge in [0, 0.05) is 18.2 Å². The monoisotopic (exact) mass is 420 g/mol. The van der Waals surface area contributed by atoms with E-state index >= 15 is 0 Å². The molecule has 0 fully saturated rings. The maximum absolute atomic E-state index is 14.4. The average Bonchev–Trinajstić information content (AvgIpc) is 3.33. The fraction of sp³-hybridized carbons (Fsp3) is 0.143. The van der Waals surface area contributed by atoms with Crippen LogP contribution >= 0.6 is 0 Å². The molecule has 5 rings (SSSR count). The van der Waals surface area contributed by atoms with Crippen molar-refractivity contribution in [3.63, 3.8) is 0 Å². The molecule has 31 heavy (non-hydrogen) atoms. The van der Waals surface area contributed by atoms with Gasteiger partial charge in [-0.15, -0.1) is 10.2 Å². The summed E-state index contributed by atoms with van der Waals surface area (Å²) < 4.78 is 24.1. The van der Waals surface area contributed by atoms with Gasteiger partial charge >= 0.3 is 5.69 Å². The van der Waals surface area contributed by atoms with Crippen molar-refractivity contribution in [2.45, 2.75) is 6.54 Å². The Morgan fingerprint density at radius 1 is 1.06 bits per heavy atom. The van der Waals surface area contributed by atoms with Crippen LogP contribution in [-0.4, -0.2) is 35.8 Å². The zero-order valence-electron chi connectivity index (χ0n) is 16.7. The van der Waals surface area contributed by atoms with Crippen LogP contribution in [0.25, 0.3) is 28.3 Å². The average molecular weight is 420 g/mol. The summed E-state index contributed by atoms with van der Waals surface area (Å²) in [6, 6.07) is 13.5. The molecule has 0 aliphatic rings. The molecule has 5 aromatic rings. The number of aryl methyl sites for hydroxylation is 1. The van der Waals surface area contributed by atoms with Gasteiger partial charge in [0.05, 0.1) is 13.7 Å². The fourth-order valence-electron chi connectivity index (χ4n) is 3.72. The standard InChI is InChI=1S/C21H17FN6O3/c1-26-19-16(18(29)23-21(26)30)27(11-13-5-3-4-6-15(13)22)20-25-24-17(28(19)20)12-7-9-14(31-2)10-8-12/h3-10H,11H2,1-2H3,(H,23,29,30). The molecule has 0 radical (unpaired) electrons. The van der Waals surface area contributed by atoms with Crippen molar-refractivity contribution in [3.8, 4) is 17.1 Å². The quantitative estimate of drug-likeness (QED) is 0.479. The Kier molecular flexibility index (Phi) is 4.21. The highest BCUT2D eigenvalue weighted by Gasteiger charge is 2.23. The minimum Gasteiger partial charge on any atom is -0.497 e. The van der Waals surface area contributed by atoms with Crippen molar-refractivity contribution in [3.05, 3.63) is 80.7 Å². The first-order valence-corrected chi connectivity index (χ1v) is 9.44. The molecular formula is C21H17FN6O3. The fourth-order valence-corrected chi connectivity index (χ4v) is 3.72. The zero-order valence-corrected chi connectivity index (χ0v) is 16.7. The number of ether oxygens (including phenoxy) is 1. The van der Waals surface area contributed by atoms with Gasteiger partial charge in [-0.2, -0.15) is 0 Å². The number of hydrogen-bond acceptors (Lipinski definition) is 5. The number of halogens is 1. The molecule has 0 bridgehead atoms. The SMILES string of the molecule is COc1ccc(-c2nnc3n(Cc4ccccc4F)c4c(=O)[nH]c(=O)n(C)c4n23)cc1. The second-order valence-corrected chi connectivity index (χ2v) is 7.06. The summed E-state index contributed by atoms with van der Waals surface area (Å²) in [5, 5.41) is 8.55. The van der Waals surface area contributed by atoms with Crippen molar-refractivity contribution in [2.24, 2.45) is 7.05 Å². The molecule has 3 aromatic heterocycles. The lowest BCUT2D eigenvalue weighted by molar-refractivity contribution is 0.415. The number of nitrogens with zero attached hydrogens (tertiary/aromatic N) is 5. The van der Waals surface area contributed by atoms with E-state index in [-0.39, 0.29) is 12.1 Å². The van der Waals surface area contributed by atoms with Gasteiger partial charge in [-0.3, -0.25) is 18.9 Å². The molecule has 9 nitrogen and oxygen atoms in total. The van der Waals surface area contributed by atoms with Gasteiger partial charge in [0.15, 0.2) is 17.0 Å². The molecule has 0 saturated carbocycles. The second-order valence-electron chi connectivity index (χ2n) is 7.06. The minimum atomic E-state index is -0.583. The number of aromatic nitrogens is 6. The van der Waals surface area contributed by atoms with Crippen LogP contribution in [0.1, 0.15) is 5.56 Å². The third-order valence-electron chi connectivity index (χ3n) is 5.27. The van der Waals surface area contributed by atoms with Crippen molar-refractivity contribution in [1.29, 1.82) is 0 Å². The Morgan fingerprint density at radius 3 is 2.52 bits per heavy atom. The number of H-pyrrole nitrogens is 1. The van der Waals surface area contributed by atoms with E-state index < -0.39 is 17.1 Å². The summed E-state index contributed by atoms with van der Waals surface area (Å²) >= 11 is 0. The lowest BCUT2D eigenvalue weighted by atomic mass is 10.2. The van der Waals surface area contributed by atoms with Gasteiger partial charge in [-0.05, 0) is 30.3 Å². The molecular weight excluding hydrogens is 403 g/mol. The Balaban J connectivity index is 1.86. The highest BCUT2D eigenvalue weighted by atomic mass is 19.1. The highest BCUT2D eigenvalue weighted by Crippen LogP contribution is 2.26. The lowest BCUT2D eigenvalue weighted by Gasteiger charge is -2.06. The first-order valence-electron chi connectivity index (χ1n) is 9.44. The number of hydrogen-bond donors (Lipinski definition) is 1. The Bertz CT molecular complexity index is 1560. The van der Waals surface area contributed by atoms with Gasteiger partial charge in [-0.25, -0.2) is 13.6 Å². The topological polar surface area (TPSA) is 99.2 Å². The second kappa shape index (κ2) is 6.94. The lowest BCUT2D eigenvalue weighted by Crippen LogP contribution is -2.29. The van der Waals surface area contributed by atoms with Crippen molar-refractivity contribution >= 4 is 16.9 Å². The molecule has 0 spiro atoms. The van der Waals surface area contributed by atoms with Gasteiger partial charge in [0.25, 0.3) is 5.56 Å². The summed E-state index contributed by atoms with van der Waals surface area (Å²) in [5.41, 5.74) is 0.452. The predicted molar refractivity (Wildman–Crippen MR) is 112 cm³/mol. The van der Waals surface area contributed by atoms with E-state index in [9.17, 15) is 14.0 Å². The van der Waals surface area contributed by atoms with Crippen LogP contribution in [0.15, 0.2) is 58.1 Å². The summed E-state index contributed by atoms with van der Waals surface area (Å²) in [7, 11) is 3.12. The normalized spacial score (nSPS) is 11.5. The largest absolute Gasteiger partial charge is 0.497 e. The first kappa shape index (κ1) is 18.8.